The third-order valence-electron chi connectivity index (χ3n) is 3.09. The molecule has 9 nitrogen and oxygen atoms in total. The smallest absolute Gasteiger partial charge is 0.235 e. The zero-order valence-corrected chi connectivity index (χ0v) is 14.7. The first-order valence-electron chi connectivity index (χ1n) is 6.14. The van der Waals surface area contributed by atoms with E-state index >= 15 is 0 Å². The van der Waals surface area contributed by atoms with E-state index in [0.29, 0.717) is 19.4 Å². The van der Waals surface area contributed by atoms with Gasteiger partial charge in [-0.05, 0) is 28.8 Å². The Balaban J connectivity index is 2.25. The monoisotopic (exact) mass is 401 g/mol. The van der Waals surface area contributed by atoms with Gasteiger partial charge in [0, 0.05) is 26.2 Å². The van der Waals surface area contributed by atoms with Crippen molar-refractivity contribution in [2.75, 3.05) is 19.3 Å². The van der Waals surface area contributed by atoms with E-state index in [0.717, 1.165) is 6.26 Å². The molecule has 21 heavy (non-hydrogen) atoms. The van der Waals surface area contributed by atoms with Crippen molar-refractivity contribution in [3.05, 3.63) is 4.60 Å². The zero-order valence-electron chi connectivity index (χ0n) is 11.5. The first-order chi connectivity index (χ1) is 9.61. The number of nitrogens with one attached hydrogen (secondary N) is 1. The van der Waals surface area contributed by atoms with Gasteiger partial charge in [0.15, 0.2) is 4.60 Å². The van der Waals surface area contributed by atoms with Gasteiger partial charge in [-0.2, -0.15) is 4.31 Å². The van der Waals surface area contributed by atoms with E-state index in [1.54, 1.807) is 0 Å². The van der Waals surface area contributed by atoms with Crippen LogP contribution >= 0.6 is 15.9 Å². The minimum absolute atomic E-state index is 0.0393. The standard InChI is InChI=1S/C9H16BrN5O4S2/c1-14-9(8(10)11-13-14)21(18,19)15-5-3-4-7(6-15)12-20(2,16)17/h7,12H,3-6H2,1-2H3. The maximum atomic E-state index is 12.6. The van der Waals surface area contributed by atoms with E-state index in [1.807, 2.05) is 0 Å². The molecule has 1 aliphatic rings. The van der Waals surface area contributed by atoms with Gasteiger partial charge in [-0.15, -0.1) is 5.10 Å². The molecule has 1 unspecified atom stereocenters. The van der Waals surface area contributed by atoms with Gasteiger partial charge >= 0.3 is 0 Å². The van der Waals surface area contributed by atoms with Crippen LogP contribution in [0.25, 0.3) is 0 Å². The highest BCUT2D eigenvalue weighted by atomic mass is 79.9. The number of halogens is 1. The summed E-state index contributed by atoms with van der Waals surface area (Å²) in [6.07, 6.45) is 2.24. The normalized spacial score (nSPS) is 21.6. The fourth-order valence-corrected chi connectivity index (χ4v) is 5.63. The van der Waals surface area contributed by atoms with Crippen molar-refractivity contribution >= 4 is 36.0 Å². The summed E-state index contributed by atoms with van der Waals surface area (Å²) in [6.45, 7) is 0.426. The van der Waals surface area contributed by atoms with Crippen molar-refractivity contribution in [3.63, 3.8) is 0 Å². The SMILES string of the molecule is Cn1nnc(Br)c1S(=O)(=O)N1CCCC(NS(C)(=O)=O)C1. The van der Waals surface area contributed by atoms with Gasteiger partial charge in [-0.25, -0.2) is 26.2 Å². The summed E-state index contributed by atoms with van der Waals surface area (Å²) in [6, 6.07) is -0.427. The predicted molar refractivity (Wildman–Crippen MR) is 78.5 cm³/mol. The second-order valence-electron chi connectivity index (χ2n) is 4.90. The van der Waals surface area contributed by atoms with Crippen molar-refractivity contribution in [3.8, 4) is 0 Å². The topological polar surface area (TPSA) is 114 Å². The first-order valence-corrected chi connectivity index (χ1v) is 10.3. The fraction of sp³-hybridized carbons (Fsp3) is 0.778. The molecule has 0 aromatic carbocycles. The quantitative estimate of drug-likeness (QED) is 0.711. The fourth-order valence-electron chi connectivity index (χ4n) is 2.28. The van der Waals surface area contributed by atoms with Crippen molar-refractivity contribution in [1.82, 2.24) is 24.0 Å². The van der Waals surface area contributed by atoms with E-state index in [-0.39, 0.29) is 16.2 Å². The largest absolute Gasteiger partial charge is 0.263 e. The second kappa shape index (κ2) is 5.91. The molecule has 0 spiro atoms. The zero-order chi connectivity index (χ0) is 15.8. The molecule has 2 rings (SSSR count). The maximum absolute atomic E-state index is 12.6. The number of aromatic nitrogens is 3. The minimum Gasteiger partial charge on any atom is -0.235 e. The molecule has 1 aliphatic heterocycles. The highest BCUT2D eigenvalue weighted by molar-refractivity contribution is 9.10. The second-order valence-corrected chi connectivity index (χ2v) is 9.29. The van der Waals surface area contributed by atoms with Gasteiger partial charge in [0.05, 0.1) is 6.26 Å². The van der Waals surface area contributed by atoms with E-state index in [9.17, 15) is 16.8 Å². The Labute approximate surface area is 131 Å². The summed E-state index contributed by atoms with van der Waals surface area (Å²) in [4.78, 5) is 0. The van der Waals surface area contributed by atoms with Crippen molar-refractivity contribution in [1.29, 1.82) is 0 Å². The number of piperidine rings is 1. The molecule has 120 valence electrons. The molecule has 1 aromatic rings. The van der Waals surface area contributed by atoms with Crippen LogP contribution in [0.1, 0.15) is 12.8 Å². The van der Waals surface area contributed by atoms with E-state index in [1.165, 1.54) is 16.0 Å². The summed E-state index contributed by atoms with van der Waals surface area (Å²) < 4.78 is 52.8. The molecule has 1 fully saturated rings. The molecule has 0 saturated carbocycles. The average molecular weight is 402 g/mol. The molecule has 0 bridgehead atoms. The van der Waals surface area contributed by atoms with Crippen molar-refractivity contribution < 1.29 is 16.8 Å². The summed E-state index contributed by atoms with van der Waals surface area (Å²) >= 11 is 3.07. The molecule has 2 heterocycles. The lowest BCUT2D eigenvalue weighted by Crippen LogP contribution is -2.49. The third-order valence-corrected chi connectivity index (χ3v) is 6.60. The average Bonchev–Trinajstić information content (AvgIpc) is 2.67. The first kappa shape index (κ1) is 16.8. The minimum atomic E-state index is -3.78. The highest BCUT2D eigenvalue weighted by Crippen LogP contribution is 2.25. The molecule has 0 amide bonds. The Kier molecular flexibility index (Phi) is 4.73. The van der Waals surface area contributed by atoms with Gasteiger partial charge < -0.3 is 0 Å². The van der Waals surface area contributed by atoms with Crippen molar-refractivity contribution in [2.45, 2.75) is 23.9 Å². The Morgan fingerprint density at radius 1 is 1.33 bits per heavy atom. The Bertz CT molecular complexity index is 710. The van der Waals surface area contributed by atoms with Gasteiger partial charge in [0.1, 0.15) is 0 Å². The number of hydrogen-bond donors (Lipinski definition) is 1. The van der Waals surface area contributed by atoms with E-state index in [4.69, 9.17) is 0 Å². The van der Waals surface area contributed by atoms with Crippen molar-refractivity contribution in [2.24, 2.45) is 7.05 Å². The lowest BCUT2D eigenvalue weighted by atomic mass is 10.1. The Morgan fingerprint density at radius 2 is 2.00 bits per heavy atom. The molecule has 0 radical (unpaired) electrons. The van der Waals surface area contributed by atoms with Crippen LogP contribution in [0.15, 0.2) is 9.63 Å². The van der Waals surface area contributed by atoms with E-state index in [2.05, 4.69) is 31.0 Å². The summed E-state index contributed by atoms with van der Waals surface area (Å²) in [7, 11) is -5.67. The van der Waals surface area contributed by atoms with E-state index < -0.39 is 26.1 Å². The molecule has 12 heteroatoms. The molecule has 1 atom stereocenters. The number of aryl methyl sites for hydroxylation is 1. The van der Waals surface area contributed by atoms with Crippen LogP contribution < -0.4 is 4.72 Å². The number of nitrogens with zero attached hydrogens (tertiary/aromatic N) is 4. The molecule has 1 N–H and O–H groups in total. The third kappa shape index (κ3) is 3.80. The van der Waals surface area contributed by atoms with Gasteiger partial charge in [-0.3, -0.25) is 0 Å². The summed E-state index contributed by atoms with van der Waals surface area (Å²) in [5.41, 5.74) is 0. The lowest BCUT2D eigenvalue weighted by Gasteiger charge is -2.31. The van der Waals surface area contributed by atoms with Crippen LogP contribution in [0.2, 0.25) is 0 Å². The van der Waals surface area contributed by atoms with Crippen LogP contribution in [0, 0.1) is 0 Å². The van der Waals surface area contributed by atoms with Gasteiger partial charge in [0.25, 0.3) is 10.0 Å². The van der Waals surface area contributed by atoms with Crippen LogP contribution in [0.5, 0.6) is 0 Å². The van der Waals surface area contributed by atoms with Crippen LogP contribution in [0.3, 0.4) is 0 Å². The molecular formula is C9H16BrN5O4S2. The van der Waals surface area contributed by atoms with Crippen LogP contribution in [0.4, 0.5) is 0 Å². The van der Waals surface area contributed by atoms with Gasteiger partial charge in [-0.1, -0.05) is 5.21 Å². The number of hydrogen-bond acceptors (Lipinski definition) is 6. The highest BCUT2D eigenvalue weighted by Gasteiger charge is 2.35. The molecule has 1 saturated heterocycles. The predicted octanol–water partition coefficient (Wildman–Crippen LogP) is -0.720. The Hall–Kier alpha value is -0.560. The molecule has 1 aromatic heterocycles. The molecule has 0 aliphatic carbocycles. The Morgan fingerprint density at radius 3 is 2.52 bits per heavy atom. The number of sulfonamides is 2. The summed E-state index contributed by atoms with van der Waals surface area (Å²) in [5.74, 6) is 0. The molecular weight excluding hydrogens is 386 g/mol. The maximum Gasteiger partial charge on any atom is 0.263 e. The van der Waals surface area contributed by atoms with Crippen LogP contribution in [-0.2, 0) is 27.1 Å². The van der Waals surface area contributed by atoms with Gasteiger partial charge in [0.2, 0.25) is 15.0 Å². The lowest BCUT2D eigenvalue weighted by molar-refractivity contribution is 0.301. The number of rotatable bonds is 4. The van der Waals surface area contributed by atoms with Crippen LogP contribution in [-0.4, -0.2) is 61.5 Å². The summed E-state index contributed by atoms with van der Waals surface area (Å²) in [5, 5.41) is 7.29.